The maximum absolute atomic E-state index is 5.73. The fourth-order valence-electron chi connectivity index (χ4n) is 1.90. The summed E-state index contributed by atoms with van der Waals surface area (Å²) in [6.07, 6.45) is 3.77. The fraction of sp³-hybridized carbons (Fsp3) is 0.538. The molecule has 0 bridgehead atoms. The molecule has 0 saturated carbocycles. The molecule has 0 aromatic heterocycles. The van der Waals surface area contributed by atoms with Crippen LogP contribution in [0.3, 0.4) is 0 Å². The van der Waals surface area contributed by atoms with Crippen molar-refractivity contribution in [2.45, 2.75) is 32.3 Å². The second kappa shape index (κ2) is 5.69. The van der Waals surface area contributed by atoms with Gasteiger partial charge in [0.25, 0.3) is 0 Å². The highest BCUT2D eigenvalue weighted by Gasteiger charge is 2.15. The lowest BCUT2D eigenvalue weighted by atomic mass is 10.2. The topological polar surface area (TPSA) is 18.5 Å². The standard InChI is InChI=1S/C13H17BrO2/c1-10-4-5-13(12(14)9-10)16-8-6-11-3-2-7-15-11/h4-5,9,11H,2-3,6-8H2,1H3. The molecule has 0 radical (unpaired) electrons. The number of halogens is 1. The van der Waals surface area contributed by atoms with E-state index in [4.69, 9.17) is 9.47 Å². The van der Waals surface area contributed by atoms with Crippen molar-refractivity contribution in [1.29, 1.82) is 0 Å². The average Bonchev–Trinajstić information content (AvgIpc) is 2.74. The van der Waals surface area contributed by atoms with Crippen LogP contribution in [-0.2, 0) is 4.74 Å². The van der Waals surface area contributed by atoms with Crippen LogP contribution in [-0.4, -0.2) is 19.3 Å². The molecule has 0 amide bonds. The molecule has 2 rings (SSSR count). The van der Waals surface area contributed by atoms with Crippen molar-refractivity contribution in [3.8, 4) is 5.75 Å². The van der Waals surface area contributed by atoms with Crippen LogP contribution in [0.5, 0.6) is 5.75 Å². The summed E-state index contributed by atoms with van der Waals surface area (Å²) in [5.74, 6) is 0.920. The van der Waals surface area contributed by atoms with Crippen LogP contribution in [0.2, 0.25) is 0 Å². The van der Waals surface area contributed by atoms with E-state index < -0.39 is 0 Å². The van der Waals surface area contributed by atoms with Gasteiger partial charge in [0.05, 0.1) is 17.2 Å². The van der Waals surface area contributed by atoms with E-state index in [1.54, 1.807) is 0 Å². The van der Waals surface area contributed by atoms with Gasteiger partial charge < -0.3 is 9.47 Å². The summed E-state index contributed by atoms with van der Waals surface area (Å²) in [5.41, 5.74) is 1.23. The van der Waals surface area contributed by atoms with Gasteiger partial charge in [-0.1, -0.05) is 6.07 Å². The van der Waals surface area contributed by atoms with E-state index in [9.17, 15) is 0 Å². The summed E-state index contributed by atoms with van der Waals surface area (Å²) in [7, 11) is 0. The van der Waals surface area contributed by atoms with Crippen LogP contribution in [0, 0.1) is 6.92 Å². The molecule has 1 fully saturated rings. The number of hydrogen-bond acceptors (Lipinski definition) is 2. The van der Waals surface area contributed by atoms with Gasteiger partial charge in [0.1, 0.15) is 5.75 Å². The molecule has 1 aromatic carbocycles. The Morgan fingerprint density at radius 3 is 3.06 bits per heavy atom. The number of rotatable bonds is 4. The molecule has 88 valence electrons. The lowest BCUT2D eigenvalue weighted by Crippen LogP contribution is -2.10. The van der Waals surface area contributed by atoms with Crippen molar-refractivity contribution in [3.05, 3.63) is 28.2 Å². The summed E-state index contributed by atoms with van der Waals surface area (Å²) >= 11 is 3.50. The Bertz CT molecular complexity index is 346. The summed E-state index contributed by atoms with van der Waals surface area (Å²) in [6.45, 7) is 3.71. The minimum Gasteiger partial charge on any atom is -0.492 e. The van der Waals surface area contributed by atoms with E-state index >= 15 is 0 Å². The Labute approximate surface area is 105 Å². The minimum atomic E-state index is 0.407. The molecule has 1 aliphatic heterocycles. The molecule has 1 aromatic rings. The largest absolute Gasteiger partial charge is 0.492 e. The first-order valence-corrected chi connectivity index (χ1v) is 6.55. The molecule has 0 spiro atoms. The van der Waals surface area contributed by atoms with Gasteiger partial charge in [-0.3, -0.25) is 0 Å². The van der Waals surface area contributed by atoms with Gasteiger partial charge in [0.15, 0.2) is 0 Å². The third-order valence-electron chi connectivity index (χ3n) is 2.81. The van der Waals surface area contributed by atoms with Crippen LogP contribution >= 0.6 is 15.9 Å². The molecule has 1 unspecified atom stereocenters. The van der Waals surface area contributed by atoms with Gasteiger partial charge in [0, 0.05) is 13.0 Å². The minimum absolute atomic E-state index is 0.407. The zero-order valence-corrected chi connectivity index (χ0v) is 11.1. The predicted octanol–water partition coefficient (Wildman–Crippen LogP) is 3.71. The smallest absolute Gasteiger partial charge is 0.133 e. The van der Waals surface area contributed by atoms with Crippen molar-refractivity contribution in [2.75, 3.05) is 13.2 Å². The lowest BCUT2D eigenvalue weighted by Gasteiger charge is -2.11. The number of benzene rings is 1. The van der Waals surface area contributed by atoms with Crippen LogP contribution in [0.25, 0.3) is 0 Å². The summed E-state index contributed by atoms with van der Waals surface area (Å²) in [4.78, 5) is 0. The molecule has 16 heavy (non-hydrogen) atoms. The van der Waals surface area contributed by atoms with E-state index in [-0.39, 0.29) is 0 Å². The van der Waals surface area contributed by atoms with E-state index in [0.717, 1.165) is 29.9 Å². The van der Waals surface area contributed by atoms with Crippen molar-refractivity contribution < 1.29 is 9.47 Å². The molecule has 0 N–H and O–H groups in total. The molecule has 1 atom stereocenters. The normalized spacial score (nSPS) is 20.0. The van der Waals surface area contributed by atoms with Crippen LogP contribution in [0.1, 0.15) is 24.8 Å². The zero-order valence-electron chi connectivity index (χ0n) is 9.54. The maximum Gasteiger partial charge on any atom is 0.133 e. The van der Waals surface area contributed by atoms with E-state index in [2.05, 4.69) is 35.0 Å². The Kier molecular flexibility index (Phi) is 4.24. The zero-order chi connectivity index (χ0) is 11.4. The van der Waals surface area contributed by atoms with Crippen molar-refractivity contribution in [1.82, 2.24) is 0 Å². The summed E-state index contributed by atoms with van der Waals surface area (Å²) in [6, 6.07) is 6.14. The molecular formula is C13H17BrO2. The van der Waals surface area contributed by atoms with Gasteiger partial charge in [-0.15, -0.1) is 0 Å². The fourth-order valence-corrected chi connectivity index (χ4v) is 2.50. The third-order valence-corrected chi connectivity index (χ3v) is 3.43. The highest BCUT2D eigenvalue weighted by atomic mass is 79.9. The SMILES string of the molecule is Cc1ccc(OCCC2CCCO2)c(Br)c1. The number of hydrogen-bond donors (Lipinski definition) is 0. The van der Waals surface area contributed by atoms with Crippen LogP contribution in [0.4, 0.5) is 0 Å². The second-order valence-electron chi connectivity index (χ2n) is 4.21. The maximum atomic E-state index is 5.73. The Morgan fingerprint density at radius 1 is 1.50 bits per heavy atom. The first kappa shape index (κ1) is 11.9. The molecule has 1 aliphatic rings. The molecular weight excluding hydrogens is 268 g/mol. The number of aryl methyl sites for hydroxylation is 1. The molecule has 0 aliphatic carbocycles. The predicted molar refractivity (Wildman–Crippen MR) is 68.0 cm³/mol. The van der Waals surface area contributed by atoms with Gasteiger partial charge >= 0.3 is 0 Å². The Balaban J connectivity index is 1.80. The van der Waals surface area contributed by atoms with Gasteiger partial charge in [-0.05, 0) is 53.4 Å². The van der Waals surface area contributed by atoms with Gasteiger partial charge in [-0.25, -0.2) is 0 Å². The van der Waals surface area contributed by atoms with Crippen molar-refractivity contribution in [2.24, 2.45) is 0 Å². The van der Waals surface area contributed by atoms with E-state index in [0.29, 0.717) is 6.10 Å². The van der Waals surface area contributed by atoms with Crippen LogP contribution < -0.4 is 4.74 Å². The Morgan fingerprint density at radius 2 is 2.38 bits per heavy atom. The third kappa shape index (κ3) is 3.22. The number of ether oxygens (including phenoxy) is 2. The van der Waals surface area contributed by atoms with Crippen LogP contribution in [0.15, 0.2) is 22.7 Å². The quantitative estimate of drug-likeness (QED) is 0.839. The molecule has 3 heteroatoms. The van der Waals surface area contributed by atoms with Crippen molar-refractivity contribution >= 4 is 15.9 Å². The second-order valence-corrected chi connectivity index (χ2v) is 5.06. The Hall–Kier alpha value is -0.540. The summed E-state index contributed by atoms with van der Waals surface area (Å²) < 4.78 is 12.3. The lowest BCUT2D eigenvalue weighted by molar-refractivity contribution is 0.0902. The van der Waals surface area contributed by atoms with Gasteiger partial charge in [-0.2, -0.15) is 0 Å². The monoisotopic (exact) mass is 284 g/mol. The van der Waals surface area contributed by atoms with Gasteiger partial charge in [0.2, 0.25) is 0 Å². The molecule has 1 saturated heterocycles. The highest BCUT2D eigenvalue weighted by Crippen LogP contribution is 2.26. The highest BCUT2D eigenvalue weighted by molar-refractivity contribution is 9.10. The van der Waals surface area contributed by atoms with E-state index in [1.165, 1.54) is 18.4 Å². The average molecular weight is 285 g/mol. The molecule has 2 nitrogen and oxygen atoms in total. The first-order valence-electron chi connectivity index (χ1n) is 5.76. The first-order chi connectivity index (χ1) is 7.75. The van der Waals surface area contributed by atoms with E-state index in [1.807, 2.05) is 6.07 Å². The van der Waals surface area contributed by atoms with Crippen molar-refractivity contribution in [3.63, 3.8) is 0 Å². The summed E-state index contributed by atoms with van der Waals surface area (Å²) in [5, 5.41) is 0. The molecule has 1 heterocycles.